The van der Waals surface area contributed by atoms with Crippen molar-refractivity contribution in [3.8, 4) is 11.3 Å². The van der Waals surface area contributed by atoms with Gasteiger partial charge in [-0.1, -0.05) is 28.1 Å². The number of hydrogen-bond donors (Lipinski definition) is 1. The lowest BCUT2D eigenvalue weighted by Gasteiger charge is -2.49. The van der Waals surface area contributed by atoms with Crippen LogP contribution >= 0.6 is 15.9 Å². The highest BCUT2D eigenvalue weighted by Gasteiger charge is 2.40. The van der Waals surface area contributed by atoms with Gasteiger partial charge in [-0.15, -0.1) is 0 Å². The maximum Gasteiger partial charge on any atom is 0.268 e. The number of carbonyl (C=O) groups excluding carboxylic acids is 1. The smallest absolute Gasteiger partial charge is 0.268 e. The van der Waals surface area contributed by atoms with E-state index in [9.17, 15) is 4.79 Å². The van der Waals surface area contributed by atoms with Crippen molar-refractivity contribution < 1.29 is 4.79 Å². The quantitative estimate of drug-likeness (QED) is 0.851. The molecule has 0 unspecified atom stereocenters. The fourth-order valence-electron chi connectivity index (χ4n) is 4.45. The lowest BCUT2D eigenvalue weighted by molar-refractivity contribution is 0.0215. The molecule has 0 spiro atoms. The summed E-state index contributed by atoms with van der Waals surface area (Å²) in [6, 6.07) is 12.8. The first-order valence-corrected chi connectivity index (χ1v) is 9.80. The van der Waals surface area contributed by atoms with Crippen molar-refractivity contribution in [3.63, 3.8) is 0 Å². The van der Waals surface area contributed by atoms with Gasteiger partial charge >= 0.3 is 0 Å². The molecule has 3 fully saturated rings. The molecule has 25 heavy (non-hydrogen) atoms. The summed E-state index contributed by atoms with van der Waals surface area (Å²) >= 11 is 3.52. The van der Waals surface area contributed by atoms with E-state index in [0.717, 1.165) is 21.4 Å². The first-order valence-electron chi connectivity index (χ1n) is 9.01. The van der Waals surface area contributed by atoms with Gasteiger partial charge in [0.1, 0.15) is 5.69 Å². The Labute approximate surface area is 157 Å². The van der Waals surface area contributed by atoms with Crippen LogP contribution < -0.4 is 5.32 Å². The van der Waals surface area contributed by atoms with E-state index in [2.05, 4.69) is 45.2 Å². The van der Waals surface area contributed by atoms with E-state index in [1.807, 2.05) is 35.9 Å². The van der Waals surface area contributed by atoms with Crippen LogP contribution in [0.3, 0.4) is 0 Å². The number of piperidine rings is 3. The third-order valence-corrected chi connectivity index (χ3v) is 6.44. The molecule has 2 aromatic rings. The number of nitrogens with one attached hydrogen (secondary N) is 1. The molecule has 1 N–H and O–H groups in total. The molecule has 4 heterocycles. The van der Waals surface area contributed by atoms with Crippen LogP contribution in [0.5, 0.6) is 0 Å². The van der Waals surface area contributed by atoms with Crippen LogP contribution in [0.25, 0.3) is 11.3 Å². The summed E-state index contributed by atoms with van der Waals surface area (Å²) in [5.74, 6) is 0.656. The Hall–Kier alpha value is -1.59. The second-order valence-corrected chi connectivity index (χ2v) is 8.20. The fraction of sp³-hybridized carbons (Fsp3) is 0.450. The third kappa shape index (κ3) is 3.04. The van der Waals surface area contributed by atoms with Crippen molar-refractivity contribution in [3.05, 3.63) is 46.6 Å². The van der Waals surface area contributed by atoms with Crippen molar-refractivity contribution in [2.45, 2.75) is 31.8 Å². The van der Waals surface area contributed by atoms with E-state index in [4.69, 9.17) is 0 Å². The number of halogens is 1. The monoisotopic (exact) mass is 401 g/mol. The van der Waals surface area contributed by atoms with Gasteiger partial charge in [0.2, 0.25) is 0 Å². The summed E-state index contributed by atoms with van der Waals surface area (Å²) in [7, 11) is 1.96. The Bertz CT molecular complexity index is 790. The summed E-state index contributed by atoms with van der Waals surface area (Å²) < 4.78 is 3.03. The van der Waals surface area contributed by atoms with Crippen molar-refractivity contribution in [1.29, 1.82) is 0 Å². The van der Waals surface area contributed by atoms with E-state index < -0.39 is 0 Å². The number of aromatic nitrogens is 1. The molecule has 0 saturated carbocycles. The Morgan fingerprint density at radius 2 is 1.96 bits per heavy atom. The first kappa shape index (κ1) is 16.9. The lowest BCUT2D eigenvalue weighted by atomic mass is 9.79. The molecule has 1 aromatic heterocycles. The van der Waals surface area contributed by atoms with E-state index in [-0.39, 0.29) is 11.9 Å². The van der Waals surface area contributed by atoms with Gasteiger partial charge in [-0.3, -0.25) is 9.69 Å². The zero-order valence-electron chi connectivity index (χ0n) is 14.7. The number of rotatable bonds is 3. The highest BCUT2D eigenvalue weighted by Crippen LogP contribution is 2.32. The molecule has 5 heteroatoms. The van der Waals surface area contributed by atoms with Crippen molar-refractivity contribution in [2.75, 3.05) is 13.1 Å². The predicted molar refractivity (Wildman–Crippen MR) is 104 cm³/mol. The highest BCUT2D eigenvalue weighted by atomic mass is 79.9. The Balaban J connectivity index is 1.55. The highest BCUT2D eigenvalue weighted by molar-refractivity contribution is 9.10. The van der Waals surface area contributed by atoms with Gasteiger partial charge in [-0.2, -0.15) is 0 Å². The fourth-order valence-corrected chi connectivity index (χ4v) is 4.85. The summed E-state index contributed by atoms with van der Waals surface area (Å²) in [5.41, 5.74) is 2.87. The molecule has 1 amide bonds. The van der Waals surface area contributed by atoms with Crippen molar-refractivity contribution >= 4 is 21.8 Å². The zero-order valence-corrected chi connectivity index (χ0v) is 16.3. The van der Waals surface area contributed by atoms with Gasteiger partial charge in [0, 0.05) is 29.3 Å². The number of hydrogen-bond acceptors (Lipinski definition) is 2. The Morgan fingerprint density at radius 1 is 1.20 bits per heavy atom. The minimum atomic E-state index is 0.0364. The molecule has 0 aliphatic carbocycles. The molecule has 5 rings (SSSR count). The lowest BCUT2D eigenvalue weighted by Crippen LogP contribution is -2.62. The molecule has 3 aliphatic rings. The predicted octanol–water partition coefficient (Wildman–Crippen LogP) is 3.67. The Morgan fingerprint density at radius 3 is 2.64 bits per heavy atom. The number of carbonyl (C=O) groups is 1. The molecular formula is C20H24BrN3O. The average Bonchev–Trinajstić information content (AvgIpc) is 3.00. The maximum atomic E-state index is 12.9. The second kappa shape index (κ2) is 6.61. The van der Waals surface area contributed by atoms with Gasteiger partial charge in [-0.25, -0.2) is 0 Å². The standard InChI is InChI=1S/C20H24BrN3O/c1-13-19(14-8-10-24(13)11-9-14)22-20(25)18-7-6-17(23(18)2)15-4-3-5-16(21)12-15/h3-7,12-14,19H,8-11H2,1-2H3,(H,22,25)/t13-,19-/m0/s1. The summed E-state index contributed by atoms with van der Waals surface area (Å²) in [5, 5.41) is 3.32. The van der Waals surface area contributed by atoms with Crippen LogP contribution in [-0.2, 0) is 7.05 Å². The Kier molecular flexibility index (Phi) is 4.46. The van der Waals surface area contributed by atoms with Gasteiger partial charge in [0.05, 0.1) is 0 Å². The first-order chi connectivity index (χ1) is 12.0. The van der Waals surface area contributed by atoms with Crippen LogP contribution in [0, 0.1) is 5.92 Å². The molecule has 3 aliphatic heterocycles. The van der Waals surface area contributed by atoms with Crippen LogP contribution in [0.15, 0.2) is 40.9 Å². The average molecular weight is 402 g/mol. The van der Waals surface area contributed by atoms with E-state index >= 15 is 0 Å². The van der Waals surface area contributed by atoms with Crippen molar-refractivity contribution in [2.24, 2.45) is 13.0 Å². The molecule has 3 saturated heterocycles. The summed E-state index contributed by atoms with van der Waals surface area (Å²) in [6.07, 6.45) is 2.40. The van der Waals surface area contributed by atoms with E-state index in [0.29, 0.717) is 12.0 Å². The SMILES string of the molecule is C[C@H]1[C@H](NC(=O)c2ccc(-c3cccc(Br)c3)n2C)C2CCN1CC2. The number of nitrogens with zero attached hydrogens (tertiary/aromatic N) is 2. The molecule has 1 aromatic carbocycles. The molecule has 2 atom stereocenters. The number of benzene rings is 1. The molecule has 2 bridgehead atoms. The topological polar surface area (TPSA) is 37.3 Å². The molecular weight excluding hydrogens is 378 g/mol. The molecule has 132 valence electrons. The van der Waals surface area contributed by atoms with Crippen LogP contribution in [0.1, 0.15) is 30.3 Å². The van der Waals surface area contributed by atoms with Gasteiger partial charge < -0.3 is 9.88 Å². The maximum absolute atomic E-state index is 12.9. The minimum absolute atomic E-state index is 0.0364. The van der Waals surface area contributed by atoms with Crippen LogP contribution in [-0.4, -0.2) is 40.5 Å². The minimum Gasteiger partial charge on any atom is -0.346 e. The second-order valence-electron chi connectivity index (χ2n) is 7.29. The van der Waals surface area contributed by atoms with Gasteiger partial charge in [-0.05, 0) is 68.6 Å². The third-order valence-electron chi connectivity index (χ3n) is 5.95. The molecule has 4 nitrogen and oxygen atoms in total. The normalized spacial score (nSPS) is 28.1. The summed E-state index contributed by atoms with van der Waals surface area (Å²) in [4.78, 5) is 15.4. The van der Waals surface area contributed by atoms with Crippen molar-refractivity contribution in [1.82, 2.24) is 14.8 Å². The molecule has 0 radical (unpaired) electrons. The van der Waals surface area contributed by atoms with E-state index in [1.165, 1.54) is 25.9 Å². The van der Waals surface area contributed by atoms with Gasteiger partial charge in [0.25, 0.3) is 5.91 Å². The number of fused-ring (bicyclic) bond motifs is 3. The largest absolute Gasteiger partial charge is 0.346 e. The number of amides is 1. The zero-order chi connectivity index (χ0) is 17.6. The van der Waals surface area contributed by atoms with Crippen LogP contribution in [0.4, 0.5) is 0 Å². The summed E-state index contributed by atoms with van der Waals surface area (Å²) in [6.45, 7) is 4.60. The van der Waals surface area contributed by atoms with E-state index in [1.54, 1.807) is 0 Å². The van der Waals surface area contributed by atoms with Gasteiger partial charge in [0.15, 0.2) is 0 Å². The van der Waals surface area contributed by atoms with Crippen LogP contribution in [0.2, 0.25) is 0 Å².